The minimum atomic E-state index is -4.10. The Balaban J connectivity index is 2.44. The molecule has 1 rings (SSSR count). The minimum Gasteiger partial charge on any atom is -0.379 e. The molecule has 0 fully saturated rings. The Bertz CT molecular complexity index is 418. The second-order valence-corrected chi connectivity index (χ2v) is 4.99. The highest BCUT2D eigenvalue weighted by atomic mass is 19.4. The van der Waals surface area contributed by atoms with E-state index in [1.54, 1.807) is 0 Å². The Morgan fingerprint density at radius 1 is 1.25 bits per heavy atom. The summed E-state index contributed by atoms with van der Waals surface area (Å²) in [6.07, 6.45) is -4.88. The van der Waals surface area contributed by atoms with Gasteiger partial charge in [0.2, 0.25) is 0 Å². The zero-order valence-electron chi connectivity index (χ0n) is 12.2. The second kappa shape index (κ2) is 7.64. The molecule has 0 heterocycles. The number of halogens is 3. The van der Waals surface area contributed by atoms with Crippen LogP contribution < -0.4 is 5.32 Å². The number of hydrogen-bond donors (Lipinski definition) is 1. The van der Waals surface area contributed by atoms with Crippen LogP contribution in [0.25, 0.3) is 0 Å². The third kappa shape index (κ3) is 5.92. The van der Waals surface area contributed by atoms with E-state index in [1.807, 2.05) is 33.0 Å². The third-order valence-corrected chi connectivity index (χ3v) is 3.18. The van der Waals surface area contributed by atoms with Crippen molar-refractivity contribution in [3.8, 4) is 0 Å². The molecule has 20 heavy (non-hydrogen) atoms. The molecule has 0 aliphatic rings. The number of hydrogen-bond acceptors (Lipinski definition) is 2. The van der Waals surface area contributed by atoms with Gasteiger partial charge in [0, 0.05) is 13.0 Å². The topological polar surface area (TPSA) is 21.3 Å². The lowest BCUT2D eigenvalue weighted by Crippen LogP contribution is -2.23. The standard InChI is InChI=1S/C15H22F3NO/c1-11-5-6-13(12(2)9-11)14(19-3)10-20-8-4-7-15(16,17)18/h5-6,9,14,19H,4,7-8,10H2,1-3H3. The van der Waals surface area contributed by atoms with E-state index in [1.165, 1.54) is 5.56 Å². The van der Waals surface area contributed by atoms with Crippen molar-refractivity contribution in [1.82, 2.24) is 5.32 Å². The maximum absolute atomic E-state index is 12.0. The van der Waals surface area contributed by atoms with Gasteiger partial charge in [0.25, 0.3) is 0 Å². The number of nitrogens with one attached hydrogen (secondary N) is 1. The maximum Gasteiger partial charge on any atom is 0.389 e. The van der Waals surface area contributed by atoms with Crippen LogP contribution in [0.15, 0.2) is 18.2 Å². The zero-order valence-corrected chi connectivity index (χ0v) is 12.2. The van der Waals surface area contributed by atoms with Crippen molar-refractivity contribution in [1.29, 1.82) is 0 Å². The summed E-state index contributed by atoms with van der Waals surface area (Å²) in [5.41, 5.74) is 3.46. The lowest BCUT2D eigenvalue weighted by molar-refractivity contribution is -0.138. The van der Waals surface area contributed by atoms with E-state index in [-0.39, 0.29) is 19.1 Å². The van der Waals surface area contributed by atoms with E-state index in [4.69, 9.17) is 4.74 Å². The highest BCUT2D eigenvalue weighted by molar-refractivity contribution is 5.32. The van der Waals surface area contributed by atoms with Gasteiger partial charge in [-0.1, -0.05) is 23.8 Å². The average molecular weight is 289 g/mol. The van der Waals surface area contributed by atoms with Crippen molar-refractivity contribution in [2.75, 3.05) is 20.3 Å². The van der Waals surface area contributed by atoms with Crippen LogP contribution >= 0.6 is 0 Å². The molecule has 114 valence electrons. The molecule has 0 radical (unpaired) electrons. The lowest BCUT2D eigenvalue weighted by Gasteiger charge is -2.19. The van der Waals surface area contributed by atoms with Crippen molar-refractivity contribution in [2.24, 2.45) is 0 Å². The van der Waals surface area contributed by atoms with Gasteiger partial charge in [-0.25, -0.2) is 0 Å². The van der Waals surface area contributed by atoms with E-state index >= 15 is 0 Å². The molecule has 0 aliphatic heterocycles. The normalized spacial score (nSPS) is 13.5. The molecule has 0 saturated heterocycles. The molecule has 0 spiro atoms. The summed E-state index contributed by atoms with van der Waals surface area (Å²) >= 11 is 0. The van der Waals surface area contributed by atoms with E-state index < -0.39 is 12.6 Å². The fourth-order valence-corrected chi connectivity index (χ4v) is 2.12. The zero-order chi connectivity index (χ0) is 15.2. The van der Waals surface area contributed by atoms with Crippen LogP contribution in [0, 0.1) is 13.8 Å². The summed E-state index contributed by atoms with van der Waals surface area (Å²) < 4.78 is 41.3. The molecule has 0 amide bonds. The van der Waals surface area contributed by atoms with E-state index in [9.17, 15) is 13.2 Å². The summed E-state index contributed by atoms with van der Waals surface area (Å²) in [6.45, 7) is 4.55. The summed E-state index contributed by atoms with van der Waals surface area (Å²) in [6, 6.07) is 6.14. The molecule has 5 heteroatoms. The fraction of sp³-hybridized carbons (Fsp3) is 0.600. The smallest absolute Gasteiger partial charge is 0.379 e. The van der Waals surface area contributed by atoms with Crippen LogP contribution in [0.1, 0.15) is 35.6 Å². The predicted molar refractivity (Wildman–Crippen MR) is 73.8 cm³/mol. The molecule has 1 aromatic carbocycles. The molecule has 1 N–H and O–H groups in total. The van der Waals surface area contributed by atoms with Crippen molar-refractivity contribution in [3.05, 3.63) is 34.9 Å². The Morgan fingerprint density at radius 3 is 2.50 bits per heavy atom. The SMILES string of the molecule is CNC(COCCCC(F)(F)F)c1ccc(C)cc1C. The lowest BCUT2D eigenvalue weighted by atomic mass is 10.00. The van der Waals surface area contributed by atoms with E-state index in [0.29, 0.717) is 6.61 Å². The molecule has 0 bridgehead atoms. The number of likely N-dealkylation sites (N-methyl/N-ethyl adjacent to an activating group) is 1. The number of benzene rings is 1. The molecule has 1 aromatic rings. The Hall–Kier alpha value is -1.07. The highest BCUT2D eigenvalue weighted by Crippen LogP contribution is 2.22. The van der Waals surface area contributed by atoms with Gasteiger partial charge in [-0.05, 0) is 38.4 Å². The molecule has 2 nitrogen and oxygen atoms in total. The van der Waals surface area contributed by atoms with Crippen LogP contribution in [0.2, 0.25) is 0 Å². The number of alkyl halides is 3. The Kier molecular flexibility index (Phi) is 6.49. The monoisotopic (exact) mass is 289 g/mol. The van der Waals surface area contributed by atoms with Gasteiger partial charge in [0.15, 0.2) is 0 Å². The predicted octanol–water partition coefficient (Wildman–Crippen LogP) is 3.92. The molecule has 1 unspecified atom stereocenters. The van der Waals surface area contributed by atoms with Crippen molar-refractivity contribution in [3.63, 3.8) is 0 Å². The van der Waals surface area contributed by atoms with Crippen LogP contribution in [-0.4, -0.2) is 26.4 Å². The van der Waals surface area contributed by atoms with Gasteiger partial charge in [-0.2, -0.15) is 13.2 Å². The summed E-state index contributed by atoms with van der Waals surface area (Å²) in [5, 5.41) is 3.14. The van der Waals surface area contributed by atoms with Crippen LogP contribution in [0.4, 0.5) is 13.2 Å². The number of ether oxygens (including phenoxy) is 1. The van der Waals surface area contributed by atoms with Crippen molar-refractivity contribution < 1.29 is 17.9 Å². The number of rotatable bonds is 7. The first kappa shape index (κ1) is 17.0. The Labute approximate surface area is 118 Å². The molecule has 0 aromatic heterocycles. The van der Waals surface area contributed by atoms with Crippen molar-refractivity contribution >= 4 is 0 Å². The number of aryl methyl sites for hydroxylation is 2. The Morgan fingerprint density at radius 2 is 1.95 bits per heavy atom. The minimum absolute atomic E-state index is 0.00138. The van der Waals surface area contributed by atoms with Gasteiger partial charge >= 0.3 is 6.18 Å². The van der Waals surface area contributed by atoms with Gasteiger partial charge in [-0.3, -0.25) is 0 Å². The van der Waals surface area contributed by atoms with E-state index in [2.05, 4.69) is 11.4 Å². The van der Waals surface area contributed by atoms with Crippen molar-refractivity contribution in [2.45, 2.75) is 38.9 Å². The molecular weight excluding hydrogens is 267 g/mol. The highest BCUT2D eigenvalue weighted by Gasteiger charge is 2.26. The third-order valence-electron chi connectivity index (χ3n) is 3.18. The van der Waals surface area contributed by atoms with E-state index in [0.717, 1.165) is 11.1 Å². The molecule has 0 aliphatic carbocycles. The van der Waals surface area contributed by atoms with Gasteiger partial charge in [-0.15, -0.1) is 0 Å². The maximum atomic E-state index is 12.0. The molecular formula is C15H22F3NO. The average Bonchev–Trinajstić information content (AvgIpc) is 2.33. The molecule has 0 saturated carbocycles. The van der Waals surface area contributed by atoms with Gasteiger partial charge in [0.05, 0.1) is 12.6 Å². The van der Waals surface area contributed by atoms with Crippen LogP contribution in [-0.2, 0) is 4.74 Å². The second-order valence-electron chi connectivity index (χ2n) is 4.99. The van der Waals surface area contributed by atoms with Crippen LogP contribution in [0.3, 0.4) is 0 Å². The van der Waals surface area contributed by atoms with Gasteiger partial charge in [0.1, 0.15) is 0 Å². The van der Waals surface area contributed by atoms with Crippen LogP contribution in [0.5, 0.6) is 0 Å². The molecule has 1 atom stereocenters. The quantitative estimate of drug-likeness (QED) is 0.768. The van der Waals surface area contributed by atoms with Gasteiger partial charge < -0.3 is 10.1 Å². The first-order chi connectivity index (χ1) is 9.33. The largest absolute Gasteiger partial charge is 0.389 e. The first-order valence-electron chi connectivity index (χ1n) is 6.72. The summed E-state index contributed by atoms with van der Waals surface area (Å²) in [7, 11) is 1.82. The first-order valence-corrected chi connectivity index (χ1v) is 6.72. The summed E-state index contributed by atoms with van der Waals surface area (Å²) in [4.78, 5) is 0. The summed E-state index contributed by atoms with van der Waals surface area (Å²) in [5.74, 6) is 0. The fourth-order valence-electron chi connectivity index (χ4n) is 2.12.